The van der Waals surface area contributed by atoms with Crippen molar-refractivity contribution >= 4 is 64.9 Å². The smallest absolute Gasteiger partial charge is 0.164 e. The number of benzene rings is 10. The summed E-state index contributed by atoms with van der Waals surface area (Å²) in [5, 5.41) is 12.2. The van der Waals surface area contributed by atoms with Gasteiger partial charge in [0.25, 0.3) is 0 Å². The zero-order valence-electron chi connectivity index (χ0n) is 31.8. The molecule has 0 saturated heterocycles. The van der Waals surface area contributed by atoms with Crippen LogP contribution in [0.25, 0.3) is 127 Å². The Kier molecular flexibility index (Phi) is 6.69. The van der Waals surface area contributed by atoms with E-state index in [1.165, 1.54) is 71.0 Å². The summed E-state index contributed by atoms with van der Waals surface area (Å²) >= 11 is 0. The number of nitrogens with zero attached hydrogens (tertiary/aromatic N) is 4. The van der Waals surface area contributed by atoms with Crippen molar-refractivity contribution in [1.82, 2.24) is 19.5 Å². The molecule has 0 fully saturated rings. The van der Waals surface area contributed by atoms with Crippen LogP contribution in [0.4, 0.5) is 0 Å². The fourth-order valence-corrected chi connectivity index (χ4v) is 9.74. The zero-order valence-corrected chi connectivity index (χ0v) is 31.8. The van der Waals surface area contributed by atoms with Gasteiger partial charge in [-0.2, -0.15) is 0 Å². The van der Waals surface area contributed by atoms with Gasteiger partial charge in [-0.05, 0) is 91.0 Å². The summed E-state index contributed by atoms with van der Waals surface area (Å²) < 4.78 is 2.48. The predicted molar refractivity (Wildman–Crippen MR) is 245 cm³/mol. The summed E-state index contributed by atoms with van der Waals surface area (Å²) in [6.45, 7) is 0. The predicted octanol–water partition coefficient (Wildman–Crippen LogP) is 14.2. The molecular weight excluding hydrogens is 717 g/mol. The highest BCUT2D eigenvalue weighted by Crippen LogP contribution is 2.51. The van der Waals surface area contributed by atoms with Gasteiger partial charge >= 0.3 is 0 Å². The molecule has 12 aromatic rings. The van der Waals surface area contributed by atoms with Crippen molar-refractivity contribution in [3.05, 3.63) is 194 Å². The lowest BCUT2D eigenvalue weighted by molar-refractivity contribution is 1.08. The number of aromatic nitrogens is 4. The van der Waals surface area contributed by atoms with E-state index in [2.05, 4.69) is 180 Å². The van der Waals surface area contributed by atoms with Crippen molar-refractivity contribution < 1.29 is 0 Å². The van der Waals surface area contributed by atoms with Gasteiger partial charge in [0.05, 0.1) is 16.7 Å². The normalized spacial score (nSPS) is 12.1. The third-order valence-electron chi connectivity index (χ3n) is 12.3. The Labute approximate surface area is 339 Å². The molecule has 0 saturated carbocycles. The minimum Gasteiger partial charge on any atom is -0.309 e. The van der Waals surface area contributed by atoms with Gasteiger partial charge in [0.2, 0.25) is 0 Å². The maximum absolute atomic E-state index is 5.23. The lowest BCUT2D eigenvalue weighted by Crippen LogP contribution is -2.02. The standard InChI is InChI=1S/C55H32N4/c1-2-14-34(15-3-1)53-56-54(37-26-25-33-13-4-5-16-35(33)31-37)58-55(57-53)45-28-29-47(42-22-11-10-21-41(42)45)59-48-24-12-23-43-39-19-8-9-20-40(39)46-32-36-17-6-7-18-38(36)44-27-30-49(59)52(50(44)46)51(43)48/h1-32H. The number of rotatable bonds is 4. The maximum Gasteiger partial charge on any atom is 0.164 e. The van der Waals surface area contributed by atoms with E-state index in [4.69, 9.17) is 15.0 Å². The fourth-order valence-electron chi connectivity index (χ4n) is 9.74. The van der Waals surface area contributed by atoms with Crippen molar-refractivity contribution in [3.8, 4) is 62.1 Å². The first-order valence-corrected chi connectivity index (χ1v) is 20.1. The molecule has 4 nitrogen and oxygen atoms in total. The summed E-state index contributed by atoms with van der Waals surface area (Å²) in [5.41, 5.74) is 11.4. The van der Waals surface area contributed by atoms with Gasteiger partial charge in [0, 0.05) is 38.2 Å². The van der Waals surface area contributed by atoms with E-state index in [1.807, 2.05) is 18.2 Å². The van der Waals surface area contributed by atoms with Crippen LogP contribution in [0.2, 0.25) is 0 Å². The Bertz CT molecular complexity index is 3730. The van der Waals surface area contributed by atoms with E-state index in [1.54, 1.807) is 0 Å². The van der Waals surface area contributed by atoms with Crippen LogP contribution in [0.15, 0.2) is 194 Å². The second-order valence-electron chi connectivity index (χ2n) is 15.5. The highest BCUT2D eigenvalue weighted by atomic mass is 15.0. The van der Waals surface area contributed by atoms with Gasteiger partial charge in [0.15, 0.2) is 17.5 Å². The second kappa shape index (κ2) is 12.3. The molecule has 0 radical (unpaired) electrons. The molecule has 4 heteroatoms. The van der Waals surface area contributed by atoms with Gasteiger partial charge in [-0.1, -0.05) is 158 Å². The van der Waals surface area contributed by atoms with E-state index in [-0.39, 0.29) is 0 Å². The highest BCUT2D eigenvalue weighted by molar-refractivity contribution is 6.34. The maximum atomic E-state index is 5.23. The summed E-state index contributed by atoms with van der Waals surface area (Å²) in [4.78, 5) is 15.5. The topological polar surface area (TPSA) is 43.6 Å². The van der Waals surface area contributed by atoms with Crippen LogP contribution < -0.4 is 0 Å². The first kappa shape index (κ1) is 32.2. The molecule has 0 atom stereocenters. The van der Waals surface area contributed by atoms with Crippen molar-refractivity contribution in [2.75, 3.05) is 0 Å². The van der Waals surface area contributed by atoms with E-state index in [9.17, 15) is 0 Å². The quantitative estimate of drug-likeness (QED) is 0.168. The van der Waals surface area contributed by atoms with Crippen LogP contribution >= 0.6 is 0 Å². The van der Waals surface area contributed by atoms with E-state index in [0.717, 1.165) is 38.5 Å². The van der Waals surface area contributed by atoms with Crippen molar-refractivity contribution in [3.63, 3.8) is 0 Å². The SMILES string of the molecule is c1ccc(-c2nc(-c3ccc4ccccc4c3)nc(-c3ccc(-n4c5cccc6c5c5c7c(cc8ccccc8c7ccc54)-c4ccccc4-6)c4ccccc34)n2)cc1. The summed E-state index contributed by atoms with van der Waals surface area (Å²) in [6.07, 6.45) is 0. The molecule has 272 valence electrons. The molecule has 2 aromatic heterocycles. The lowest BCUT2D eigenvalue weighted by Gasteiger charge is -2.17. The van der Waals surface area contributed by atoms with Crippen LogP contribution in [-0.2, 0) is 0 Å². The molecule has 1 aliphatic carbocycles. The van der Waals surface area contributed by atoms with Gasteiger partial charge in [-0.25, -0.2) is 15.0 Å². The van der Waals surface area contributed by atoms with Gasteiger partial charge < -0.3 is 4.57 Å². The molecule has 2 heterocycles. The number of fused-ring (bicyclic) bond motifs is 7. The largest absolute Gasteiger partial charge is 0.309 e. The molecule has 0 N–H and O–H groups in total. The zero-order chi connectivity index (χ0) is 38.6. The molecule has 0 unspecified atom stereocenters. The average molecular weight is 749 g/mol. The molecule has 0 amide bonds. The van der Waals surface area contributed by atoms with E-state index >= 15 is 0 Å². The molecule has 13 rings (SSSR count). The molecule has 59 heavy (non-hydrogen) atoms. The Morgan fingerprint density at radius 1 is 0.288 bits per heavy atom. The summed E-state index contributed by atoms with van der Waals surface area (Å²) in [6, 6.07) is 69.8. The van der Waals surface area contributed by atoms with Crippen LogP contribution in [0, 0.1) is 0 Å². The number of hydrogen-bond acceptors (Lipinski definition) is 3. The fraction of sp³-hybridized carbons (Fsp3) is 0. The van der Waals surface area contributed by atoms with Crippen LogP contribution in [-0.4, -0.2) is 19.5 Å². The Morgan fingerprint density at radius 2 is 0.932 bits per heavy atom. The Morgan fingerprint density at radius 3 is 1.78 bits per heavy atom. The molecule has 1 aliphatic rings. The molecular formula is C55H32N4. The first-order valence-electron chi connectivity index (χ1n) is 20.1. The first-order chi connectivity index (χ1) is 29.3. The average Bonchev–Trinajstić information content (AvgIpc) is 3.59. The molecule has 0 aliphatic heterocycles. The van der Waals surface area contributed by atoms with Crippen molar-refractivity contribution in [1.29, 1.82) is 0 Å². The monoisotopic (exact) mass is 748 g/mol. The summed E-state index contributed by atoms with van der Waals surface area (Å²) in [7, 11) is 0. The van der Waals surface area contributed by atoms with Crippen LogP contribution in [0.5, 0.6) is 0 Å². The van der Waals surface area contributed by atoms with Crippen LogP contribution in [0.3, 0.4) is 0 Å². The molecule has 0 spiro atoms. The van der Waals surface area contributed by atoms with Gasteiger partial charge in [0.1, 0.15) is 0 Å². The van der Waals surface area contributed by atoms with E-state index in [0.29, 0.717) is 17.5 Å². The minimum absolute atomic E-state index is 0.641. The molecule has 0 bridgehead atoms. The van der Waals surface area contributed by atoms with Crippen molar-refractivity contribution in [2.24, 2.45) is 0 Å². The molecule has 10 aromatic carbocycles. The van der Waals surface area contributed by atoms with Crippen molar-refractivity contribution in [2.45, 2.75) is 0 Å². The highest BCUT2D eigenvalue weighted by Gasteiger charge is 2.26. The lowest BCUT2D eigenvalue weighted by atomic mass is 9.90. The third-order valence-corrected chi connectivity index (χ3v) is 12.3. The Hall–Kier alpha value is -7.95. The second-order valence-corrected chi connectivity index (χ2v) is 15.5. The minimum atomic E-state index is 0.641. The van der Waals surface area contributed by atoms with Gasteiger partial charge in [-0.15, -0.1) is 0 Å². The summed E-state index contributed by atoms with van der Waals surface area (Å²) in [5.74, 6) is 1.93. The van der Waals surface area contributed by atoms with Gasteiger partial charge in [-0.3, -0.25) is 0 Å². The third kappa shape index (κ3) is 4.69. The van der Waals surface area contributed by atoms with Crippen LogP contribution in [0.1, 0.15) is 0 Å². The number of hydrogen-bond donors (Lipinski definition) is 0. The van der Waals surface area contributed by atoms with E-state index < -0.39 is 0 Å². The Balaban J connectivity index is 1.09.